The summed E-state index contributed by atoms with van der Waals surface area (Å²) in [4.78, 5) is 33.2. The van der Waals surface area contributed by atoms with Crippen molar-refractivity contribution in [3.63, 3.8) is 0 Å². The van der Waals surface area contributed by atoms with Gasteiger partial charge in [-0.25, -0.2) is 0 Å². The number of hydrogen-bond donors (Lipinski definition) is 2. The topological polar surface area (TPSA) is 85.2 Å². The molecule has 0 bridgehead atoms. The third kappa shape index (κ3) is 6.50. The molecule has 2 N–H and O–H groups in total. The number of rotatable bonds is 7. The number of nitrogens with zero attached hydrogens (tertiary/aromatic N) is 3. The Kier molecular flexibility index (Phi) is 7.39. The number of benzene rings is 1. The molecule has 0 radical (unpaired) electrons. The number of anilines is 1. The number of allylic oxidation sites excluding steroid dienone is 2. The largest absolute Gasteiger partial charge is 0.511 e. The molecule has 1 fully saturated rings. The lowest BCUT2D eigenvalue weighted by molar-refractivity contribution is -0.118. The van der Waals surface area contributed by atoms with Crippen LogP contribution < -0.4 is 5.32 Å². The molecule has 0 aromatic heterocycles. The minimum Gasteiger partial charge on any atom is -0.511 e. The molecule has 0 atom stereocenters. The Hall–Kier alpha value is -2.51. The number of piperazine rings is 1. The fourth-order valence-corrected chi connectivity index (χ4v) is 3.90. The molecule has 3 rings (SSSR count). The van der Waals surface area contributed by atoms with Gasteiger partial charge < -0.3 is 10.4 Å². The second kappa shape index (κ2) is 10.00. The molecule has 0 saturated carbocycles. The van der Waals surface area contributed by atoms with Crippen molar-refractivity contribution in [2.75, 3.05) is 51.1 Å². The lowest BCUT2D eigenvalue weighted by atomic mass is 9.77. The van der Waals surface area contributed by atoms with E-state index in [0.29, 0.717) is 31.5 Å². The van der Waals surface area contributed by atoms with Gasteiger partial charge in [0.25, 0.3) is 0 Å². The van der Waals surface area contributed by atoms with Crippen LogP contribution in [0.15, 0.2) is 46.7 Å². The summed E-state index contributed by atoms with van der Waals surface area (Å²) in [5.74, 6) is 0.130. The highest BCUT2D eigenvalue weighted by Gasteiger charge is 2.32. The zero-order chi connectivity index (χ0) is 21.6. The van der Waals surface area contributed by atoms with E-state index in [4.69, 9.17) is 0 Å². The Morgan fingerprint density at radius 3 is 2.47 bits per heavy atom. The van der Waals surface area contributed by atoms with Crippen molar-refractivity contribution < 1.29 is 14.7 Å². The second-order valence-corrected chi connectivity index (χ2v) is 8.87. The van der Waals surface area contributed by atoms with Crippen molar-refractivity contribution in [3.05, 3.63) is 41.7 Å². The highest BCUT2D eigenvalue weighted by Crippen LogP contribution is 2.35. The normalized spacial score (nSPS) is 20.7. The average molecular weight is 413 g/mol. The van der Waals surface area contributed by atoms with E-state index in [1.54, 1.807) is 0 Å². The van der Waals surface area contributed by atoms with Crippen LogP contribution in [0.3, 0.4) is 0 Å². The minimum atomic E-state index is -0.184. The molecule has 1 heterocycles. The summed E-state index contributed by atoms with van der Waals surface area (Å²) in [5, 5.41) is 13.1. The van der Waals surface area contributed by atoms with E-state index in [-0.39, 0.29) is 22.9 Å². The summed E-state index contributed by atoms with van der Waals surface area (Å²) in [7, 11) is 0. The van der Waals surface area contributed by atoms with E-state index in [2.05, 4.69) is 20.1 Å². The maximum atomic E-state index is 12.2. The number of hydrogen-bond acceptors (Lipinski definition) is 6. The molecular weight excluding hydrogens is 380 g/mol. The van der Waals surface area contributed by atoms with Gasteiger partial charge in [0.05, 0.1) is 18.7 Å². The molecule has 0 spiro atoms. The van der Waals surface area contributed by atoms with E-state index in [9.17, 15) is 14.7 Å². The molecular formula is C23H32N4O3. The molecule has 7 heteroatoms. The first kappa shape index (κ1) is 22.2. The number of nitrogens with one attached hydrogen (secondary N) is 1. The fourth-order valence-electron chi connectivity index (χ4n) is 3.90. The van der Waals surface area contributed by atoms with Crippen LogP contribution >= 0.6 is 0 Å². The summed E-state index contributed by atoms with van der Waals surface area (Å²) in [5.41, 5.74) is 1.000. The van der Waals surface area contributed by atoms with Crippen molar-refractivity contribution in [1.29, 1.82) is 0 Å². The van der Waals surface area contributed by atoms with E-state index in [1.807, 2.05) is 44.2 Å². The van der Waals surface area contributed by atoms with Gasteiger partial charge in [0, 0.05) is 57.5 Å². The third-order valence-electron chi connectivity index (χ3n) is 5.55. The predicted molar refractivity (Wildman–Crippen MR) is 119 cm³/mol. The van der Waals surface area contributed by atoms with E-state index < -0.39 is 0 Å². The maximum Gasteiger partial charge on any atom is 0.238 e. The molecule has 1 saturated heterocycles. The van der Waals surface area contributed by atoms with E-state index >= 15 is 0 Å². The van der Waals surface area contributed by atoms with Gasteiger partial charge >= 0.3 is 0 Å². The lowest BCUT2D eigenvalue weighted by Gasteiger charge is -2.33. The van der Waals surface area contributed by atoms with Crippen LogP contribution in [-0.2, 0) is 9.59 Å². The maximum absolute atomic E-state index is 12.2. The van der Waals surface area contributed by atoms with Crippen molar-refractivity contribution in [2.24, 2.45) is 10.4 Å². The van der Waals surface area contributed by atoms with Crippen LogP contribution in [0.2, 0.25) is 0 Å². The number of aliphatic imine (C=N–C) groups is 1. The molecule has 1 aromatic carbocycles. The molecule has 30 heavy (non-hydrogen) atoms. The Morgan fingerprint density at radius 2 is 1.80 bits per heavy atom. The van der Waals surface area contributed by atoms with Gasteiger partial charge in [-0.05, 0) is 17.5 Å². The van der Waals surface area contributed by atoms with Crippen molar-refractivity contribution in [2.45, 2.75) is 26.7 Å². The molecule has 1 amide bonds. The van der Waals surface area contributed by atoms with Gasteiger partial charge in [-0.1, -0.05) is 32.0 Å². The molecule has 1 aromatic rings. The lowest BCUT2D eigenvalue weighted by Crippen LogP contribution is -2.49. The highest BCUT2D eigenvalue weighted by atomic mass is 16.3. The number of aliphatic hydroxyl groups is 1. The molecule has 1 aliphatic carbocycles. The van der Waals surface area contributed by atoms with Crippen molar-refractivity contribution >= 4 is 23.6 Å². The van der Waals surface area contributed by atoms with Crippen LogP contribution in [0.25, 0.3) is 0 Å². The average Bonchev–Trinajstić information content (AvgIpc) is 2.68. The van der Waals surface area contributed by atoms with Gasteiger partial charge in [-0.3, -0.25) is 24.4 Å². The molecule has 0 unspecified atom stereocenters. The van der Waals surface area contributed by atoms with Crippen molar-refractivity contribution in [1.82, 2.24) is 9.80 Å². The standard InChI is InChI=1S/C23H32N4O3/c1-23(2)14-20(28)19(21(29)15-23)16-24-8-9-26-10-12-27(13-11-26)17-22(30)25-18-6-4-3-5-7-18/h3-7,16,28H,8-15,17H2,1-2H3,(H,25,30). The van der Waals surface area contributed by atoms with Gasteiger partial charge in [0.1, 0.15) is 5.76 Å². The summed E-state index contributed by atoms with van der Waals surface area (Å²) >= 11 is 0. The minimum absolute atomic E-state index is 0.00709. The van der Waals surface area contributed by atoms with Crippen LogP contribution in [0.4, 0.5) is 5.69 Å². The van der Waals surface area contributed by atoms with Gasteiger partial charge in [-0.15, -0.1) is 0 Å². The summed E-state index contributed by atoms with van der Waals surface area (Å²) in [6.07, 6.45) is 2.50. The molecule has 1 aliphatic heterocycles. The zero-order valence-electron chi connectivity index (χ0n) is 17.9. The number of amides is 1. The summed E-state index contributed by atoms with van der Waals surface area (Å²) in [6, 6.07) is 9.49. The van der Waals surface area contributed by atoms with Gasteiger partial charge in [-0.2, -0.15) is 0 Å². The predicted octanol–water partition coefficient (Wildman–Crippen LogP) is 2.51. The second-order valence-electron chi connectivity index (χ2n) is 8.87. The summed E-state index contributed by atoms with van der Waals surface area (Å²) in [6.45, 7) is 9.20. The molecule has 7 nitrogen and oxygen atoms in total. The summed E-state index contributed by atoms with van der Waals surface area (Å²) < 4.78 is 0. The number of para-hydroxylation sites is 1. The quantitative estimate of drug-likeness (QED) is 0.672. The van der Waals surface area contributed by atoms with E-state index in [0.717, 1.165) is 38.4 Å². The van der Waals surface area contributed by atoms with Gasteiger partial charge in [0.2, 0.25) is 5.91 Å². The van der Waals surface area contributed by atoms with Crippen LogP contribution in [0.5, 0.6) is 0 Å². The first-order chi connectivity index (χ1) is 14.3. The number of Topliss-reactive ketones (excluding diaryl/α,β-unsaturated/α-hetero) is 1. The number of aliphatic hydroxyl groups excluding tert-OH is 1. The Balaban J connectivity index is 1.36. The van der Waals surface area contributed by atoms with Crippen LogP contribution in [-0.4, -0.2) is 78.6 Å². The Morgan fingerprint density at radius 1 is 1.13 bits per heavy atom. The smallest absolute Gasteiger partial charge is 0.238 e. The first-order valence-corrected chi connectivity index (χ1v) is 10.6. The van der Waals surface area contributed by atoms with Crippen molar-refractivity contribution in [3.8, 4) is 0 Å². The monoisotopic (exact) mass is 412 g/mol. The third-order valence-corrected chi connectivity index (χ3v) is 5.55. The zero-order valence-corrected chi connectivity index (χ0v) is 17.9. The molecule has 162 valence electrons. The van der Waals surface area contributed by atoms with Crippen LogP contribution in [0, 0.1) is 5.41 Å². The van der Waals surface area contributed by atoms with Crippen LogP contribution in [0.1, 0.15) is 26.7 Å². The number of carbonyl (C=O) groups excluding carboxylic acids is 2. The van der Waals surface area contributed by atoms with Gasteiger partial charge in [0.15, 0.2) is 5.78 Å². The number of ketones is 1. The Labute approximate surface area is 178 Å². The molecule has 2 aliphatic rings. The Bertz CT molecular complexity index is 809. The number of carbonyl (C=O) groups is 2. The van der Waals surface area contributed by atoms with E-state index in [1.165, 1.54) is 6.21 Å². The fraction of sp³-hybridized carbons (Fsp3) is 0.522. The SMILES string of the molecule is CC1(C)CC(=O)C(C=NCCN2CCN(CC(=O)Nc3ccccc3)CC2)=C(O)C1. The first-order valence-electron chi connectivity index (χ1n) is 10.6. The highest BCUT2D eigenvalue weighted by molar-refractivity contribution is 6.14.